The van der Waals surface area contributed by atoms with Gasteiger partial charge in [-0.2, -0.15) is 0 Å². The molecule has 1 aromatic rings. The first-order chi connectivity index (χ1) is 7.26. The van der Waals surface area contributed by atoms with Gasteiger partial charge in [0.1, 0.15) is 5.75 Å². The second-order valence-corrected chi connectivity index (χ2v) is 4.19. The van der Waals surface area contributed by atoms with Crippen LogP contribution in [0.4, 0.5) is 0 Å². The first-order valence-corrected chi connectivity index (χ1v) is 5.68. The summed E-state index contributed by atoms with van der Waals surface area (Å²) in [4.78, 5) is 1.09. The molecule has 0 amide bonds. The molecule has 1 aromatic carbocycles. The molecule has 0 saturated heterocycles. The Hall–Kier alpha value is -0.710. The number of aliphatic hydroxyl groups is 1. The zero-order valence-electron chi connectivity index (χ0n) is 8.97. The number of methoxy groups -OCH3 is 2. The van der Waals surface area contributed by atoms with Crippen molar-refractivity contribution in [3.63, 3.8) is 0 Å². The highest BCUT2D eigenvalue weighted by atomic mass is 32.2. The van der Waals surface area contributed by atoms with Gasteiger partial charge < -0.3 is 14.6 Å². The molecule has 1 rings (SSSR count). The van der Waals surface area contributed by atoms with E-state index in [2.05, 4.69) is 0 Å². The minimum absolute atomic E-state index is 0.372. The summed E-state index contributed by atoms with van der Waals surface area (Å²) in [5, 5.41) is 9.46. The topological polar surface area (TPSA) is 38.7 Å². The van der Waals surface area contributed by atoms with E-state index in [0.29, 0.717) is 12.4 Å². The molecule has 0 aliphatic carbocycles. The number of benzene rings is 1. The summed E-state index contributed by atoms with van der Waals surface area (Å²) in [6.45, 7) is 0.372. The molecular formula is C11H16O3S. The smallest absolute Gasteiger partial charge is 0.119 e. The standard InChI is InChI=1S/C11H16O3S/c1-13-7-9(12)8-15-11-5-3-4-10(6-11)14-2/h3-6,9,12H,7-8H2,1-2H3. The van der Waals surface area contributed by atoms with Gasteiger partial charge in [-0.3, -0.25) is 0 Å². The largest absolute Gasteiger partial charge is 0.497 e. The van der Waals surface area contributed by atoms with E-state index in [9.17, 15) is 5.11 Å². The molecule has 0 heterocycles. The van der Waals surface area contributed by atoms with Crippen LogP contribution in [0.15, 0.2) is 29.2 Å². The Labute approximate surface area is 94.4 Å². The third-order valence-electron chi connectivity index (χ3n) is 1.84. The Kier molecular flexibility index (Phi) is 5.53. The van der Waals surface area contributed by atoms with Gasteiger partial charge in [0, 0.05) is 17.8 Å². The predicted molar refractivity (Wildman–Crippen MR) is 61.6 cm³/mol. The minimum atomic E-state index is -0.425. The fraction of sp³-hybridized carbons (Fsp3) is 0.455. The molecule has 0 radical (unpaired) electrons. The number of thioether (sulfide) groups is 1. The second kappa shape index (κ2) is 6.71. The van der Waals surface area contributed by atoms with Gasteiger partial charge in [0.05, 0.1) is 19.8 Å². The van der Waals surface area contributed by atoms with Crippen molar-refractivity contribution in [3.8, 4) is 5.75 Å². The molecule has 1 atom stereocenters. The molecule has 0 aliphatic heterocycles. The van der Waals surface area contributed by atoms with E-state index in [0.717, 1.165) is 10.6 Å². The molecule has 0 fully saturated rings. The van der Waals surface area contributed by atoms with Crippen molar-refractivity contribution in [3.05, 3.63) is 24.3 Å². The van der Waals surface area contributed by atoms with Gasteiger partial charge in [-0.05, 0) is 18.2 Å². The molecule has 0 saturated carbocycles. The third kappa shape index (κ3) is 4.55. The zero-order chi connectivity index (χ0) is 11.1. The molecule has 0 bridgehead atoms. The summed E-state index contributed by atoms with van der Waals surface area (Å²) < 4.78 is 9.96. The Morgan fingerprint density at radius 2 is 2.20 bits per heavy atom. The lowest BCUT2D eigenvalue weighted by molar-refractivity contribution is 0.0794. The van der Waals surface area contributed by atoms with Crippen molar-refractivity contribution in [1.82, 2.24) is 0 Å². The minimum Gasteiger partial charge on any atom is -0.497 e. The van der Waals surface area contributed by atoms with Gasteiger partial charge in [0.15, 0.2) is 0 Å². The van der Waals surface area contributed by atoms with E-state index >= 15 is 0 Å². The van der Waals surface area contributed by atoms with Gasteiger partial charge in [-0.15, -0.1) is 11.8 Å². The average Bonchev–Trinajstić information content (AvgIpc) is 2.27. The Bertz CT molecular complexity index is 291. The van der Waals surface area contributed by atoms with Crippen LogP contribution in [0.3, 0.4) is 0 Å². The number of aliphatic hydroxyl groups excluding tert-OH is 1. The fourth-order valence-electron chi connectivity index (χ4n) is 1.12. The first-order valence-electron chi connectivity index (χ1n) is 4.70. The van der Waals surface area contributed by atoms with Crippen LogP contribution < -0.4 is 4.74 Å². The molecule has 15 heavy (non-hydrogen) atoms. The first kappa shape index (κ1) is 12.4. The van der Waals surface area contributed by atoms with Crippen LogP contribution in [-0.2, 0) is 4.74 Å². The normalized spacial score (nSPS) is 12.5. The van der Waals surface area contributed by atoms with Crippen LogP contribution >= 0.6 is 11.8 Å². The van der Waals surface area contributed by atoms with E-state index in [1.54, 1.807) is 26.0 Å². The van der Waals surface area contributed by atoms with Crippen LogP contribution in [0.25, 0.3) is 0 Å². The lowest BCUT2D eigenvalue weighted by atomic mass is 10.3. The van der Waals surface area contributed by atoms with E-state index in [1.807, 2.05) is 24.3 Å². The highest BCUT2D eigenvalue weighted by Crippen LogP contribution is 2.23. The number of ether oxygens (including phenoxy) is 2. The van der Waals surface area contributed by atoms with Gasteiger partial charge in [-0.25, -0.2) is 0 Å². The maximum absolute atomic E-state index is 9.46. The van der Waals surface area contributed by atoms with Gasteiger partial charge in [0.2, 0.25) is 0 Å². The lowest BCUT2D eigenvalue weighted by Crippen LogP contribution is -2.16. The van der Waals surface area contributed by atoms with E-state index in [1.165, 1.54) is 0 Å². The van der Waals surface area contributed by atoms with E-state index < -0.39 is 6.10 Å². The van der Waals surface area contributed by atoms with Gasteiger partial charge >= 0.3 is 0 Å². The summed E-state index contributed by atoms with van der Waals surface area (Å²) in [6.07, 6.45) is -0.425. The van der Waals surface area contributed by atoms with E-state index in [-0.39, 0.29) is 0 Å². The van der Waals surface area contributed by atoms with Crippen LogP contribution in [0, 0.1) is 0 Å². The zero-order valence-corrected chi connectivity index (χ0v) is 9.79. The van der Waals surface area contributed by atoms with Crippen LogP contribution in [0.5, 0.6) is 5.75 Å². The molecule has 84 valence electrons. The summed E-state index contributed by atoms with van der Waals surface area (Å²) in [6, 6.07) is 7.77. The SMILES string of the molecule is COCC(O)CSc1cccc(OC)c1. The molecule has 3 nitrogen and oxygen atoms in total. The molecule has 4 heteroatoms. The Morgan fingerprint density at radius 3 is 2.87 bits per heavy atom. The summed E-state index contributed by atoms with van der Waals surface area (Å²) >= 11 is 1.59. The molecular weight excluding hydrogens is 212 g/mol. The van der Waals surface area contributed by atoms with Crippen LogP contribution in [-0.4, -0.2) is 37.8 Å². The maximum Gasteiger partial charge on any atom is 0.119 e. The molecule has 1 unspecified atom stereocenters. The quantitative estimate of drug-likeness (QED) is 0.753. The third-order valence-corrected chi connectivity index (χ3v) is 2.98. The molecule has 0 aliphatic rings. The Morgan fingerprint density at radius 1 is 1.40 bits per heavy atom. The van der Waals surface area contributed by atoms with E-state index in [4.69, 9.17) is 9.47 Å². The number of hydrogen-bond donors (Lipinski definition) is 1. The summed E-state index contributed by atoms with van der Waals surface area (Å²) in [5.74, 6) is 1.46. The second-order valence-electron chi connectivity index (χ2n) is 3.10. The Balaban J connectivity index is 2.43. The number of hydrogen-bond acceptors (Lipinski definition) is 4. The lowest BCUT2D eigenvalue weighted by Gasteiger charge is -2.09. The van der Waals surface area contributed by atoms with Crippen molar-refractivity contribution in [2.75, 3.05) is 26.6 Å². The highest BCUT2D eigenvalue weighted by Gasteiger charge is 2.04. The monoisotopic (exact) mass is 228 g/mol. The van der Waals surface area contributed by atoms with Crippen molar-refractivity contribution < 1.29 is 14.6 Å². The van der Waals surface area contributed by atoms with Crippen molar-refractivity contribution in [1.29, 1.82) is 0 Å². The van der Waals surface area contributed by atoms with Gasteiger partial charge in [0.25, 0.3) is 0 Å². The average molecular weight is 228 g/mol. The van der Waals surface area contributed by atoms with Crippen molar-refractivity contribution in [2.24, 2.45) is 0 Å². The maximum atomic E-state index is 9.46. The molecule has 0 spiro atoms. The van der Waals surface area contributed by atoms with Crippen LogP contribution in [0.2, 0.25) is 0 Å². The molecule has 1 N–H and O–H groups in total. The predicted octanol–water partition coefficient (Wildman–Crippen LogP) is 1.79. The fourth-order valence-corrected chi connectivity index (χ4v) is 1.98. The summed E-state index contributed by atoms with van der Waals surface area (Å²) in [7, 11) is 3.23. The van der Waals surface area contributed by atoms with Crippen molar-refractivity contribution >= 4 is 11.8 Å². The number of rotatable bonds is 6. The molecule has 0 aromatic heterocycles. The van der Waals surface area contributed by atoms with Crippen LogP contribution in [0.1, 0.15) is 0 Å². The summed E-state index contributed by atoms with van der Waals surface area (Å²) in [5.41, 5.74) is 0. The van der Waals surface area contributed by atoms with Gasteiger partial charge in [-0.1, -0.05) is 6.07 Å². The van der Waals surface area contributed by atoms with Crippen molar-refractivity contribution in [2.45, 2.75) is 11.0 Å². The highest BCUT2D eigenvalue weighted by molar-refractivity contribution is 7.99.